The van der Waals surface area contributed by atoms with E-state index < -0.39 is 6.04 Å². The number of rotatable bonds is 3. The number of nitrogens with one attached hydrogen (secondary N) is 1. The second kappa shape index (κ2) is 4.04. The molecule has 1 radical (unpaired) electrons. The molecule has 0 bridgehead atoms. The van der Waals surface area contributed by atoms with Crippen molar-refractivity contribution >= 4 is 12.2 Å². The smallest absolute Gasteiger partial charge is 0.223 e. The average molecular weight is 142 g/mol. The maximum Gasteiger partial charge on any atom is 0.223 e. The van der Waals surface area contributed by atoms with Crippen LogP contribution in [-0.4, -0.2) is 18.2 Å². The standard InChI is InChI=1S/C7H12NO2/c1-5(2)7(4-9)8-6(3)10/h5,7H,1-3H3,(H,8,10). The molecule has 0 aliphatic carbocycles. The summed E-state index contributed by atoms with van der Waals surface area (Å²) in [7, 11) is 0. The molecule has 0 fully saturated rings. The number of carbonyl (C=O) groups is 1. The zero-order valence-electron chi connectivity index (χ0n) is 6.47. The van der Waals surface area contributed by atoms with E-state index in [1.54, 1.807) is 6.29 Å². The molecule has 1 amide bonds. The predicted molar refractivity (Wildman–Crippen MR) is 38.1 cm³/mol. The Balaban J connectivity index is 3.83. The number of hydrogen-bond donors (Lipinski definition) is 1. The highest BCUT2D eigenvalue weighted by molar-refractivity contribution is 5.77. The Labute approximate surface area is 60.8 Å². The number of hydrogen-bond acceptors (Lipinski definition) is 2. The van der Waals surface area contributed by atoms with Gasteiger partial charge in [-0.1, -0.05) is 13.8 Å². The van der Waals surface area contributed by atoms with Crippen molar-refractivity contribution in [2.45, 2.75) is 26.8 Å². The van der Waals surface area contributed by atoms with Gasteiger partial charge in [0.15, 0.2) is 0 Å². The Morgan fingerprint density at radius 3 is 2.10 bits per heavy atom. The molecule has 0 spiro atoms. The summed E-state index contributed by atoms with van der Waals surface area (Å²) in [5, 5.41) is 2.47. The molecular formula is C7H12NO2. The second-order valence-corrected chi connectivity index (χ2v) is 2.54. The highest BCUT2D eigenvalue weighted by atomic mass is 16.2. The Kier molecular flexibility index (Phi) is 3.69. The van der Waals surface area contributed by atoms with E-state index in [1.807, 2.05) is 13.8 Å². The van der Waals surface area contributed by atoms with Crippen LogP contribution in [0.3, 0.4) is 0 Å². The summed E-state index contributed by atoms with van der Waals surface area (Å²) in [6, 6.07) is -0.461. The van der Waals surface area contributed by atoms with Crippen LogP contribution < -0.4 is 5.32 Å². The maximum atomic E-state index is 10.4. The van der Waals surface area contributed by atoms with E-state index in [0.717, 1.165) is 0 Å². The SMILES string of the molecule is CC(=O)NC([C]=O)C(C)C. The molecular weight excluding hydrogens is 130 g/mol. The van der Waals surface area contributed by atoms with Crippen LogP contribution >= 0.6 is 0 Å². The van der Waals surface area contributed by atoms with Crippen LogP contribution in [0.15, 0.2) is 0 Å². The summed E-state index contributed by atoms with van der Waals surface area (Å²) in [6.07, 6.45) is 1.75. The Bertz CT molecular complexity index is 132. The molecule has 0 aliphatic heterocycles. The quantitative estimate of drug-likeness (QED) is 0.614. The summed E-state index contributed by atoms with van der Waals surface area (Å²) < 4.78 is 0. The minimum atomic E-state index is -0.461. The lowest BCUT2D eigenvalue weighted by atomic mass is 10.1. The molecule has 57 valence electrons. The Morgan fingerprint density at radius 1 is 1.50 bits per heavy atom. The van der Waals surface area contributed by atoms with Crippen molar-refractivity contribution in [1.82, 2.24) is 5.32 Å². The summed E-state index contributed by atoms with van der Waals surface area (Å²) in [5.41, 5.74) is 0. The maximum absolute atomic E-state index is 10.4. The first-order valence-electron chi connectivity index (χ1n) is 3.22. The zero-order valence-corrected chi connectivity index (χ0v) is 6.47. The van der Waals surface area contributed by atoms with Crippen molar-refractivity contribution in [1.29, 1.82) is 0 Å². The fraction of sp³-hybridized carbons (Fsp3) is 0.714. The van der Waals surface area contributed by atoms with Crippen molar-refractivity contribution in [3.05, 3.63) is 0 Å². The summed E-state index contributed by atoms with van der Waals surface area (Å²) in [6.45, 7) is 5.09. The van der Waals surface area contributed by atoms with Gasteiger partial charge in [0.25, 0.3) is 0 Å². The molecule has 1 unspecified atom stereocenters. The molecule has 3 nitrogen and oxygen atoms in total. The second-order valence-electron chi connectivity index (χ2n) is 2.54. The van der Waals surface area contributed by atoms with Gasteiger partial charge >= 0.3 is 0 Å². The first-order chi connectivity index (χ1) is 4.57. The molecule has 0 saturated carbocycles. The Morgan fingerprint density at radius 2 is 2.00 bits per heavy atom. The van der Waals surface area contributed by atoms with Crippen LogP contribution in [-0.2, 0) is 9.59 Å². The van der Waals surface area contributed by atoms with Gasteiger partial charge in [0.05, 0.1) is 6.04 Å². The van der Waals surface area contributed by atoms with Crippen LogP contribution in [0, 0.1) is 5.92 Å². The highest BCUT2D eigenvalue weighted by Crippen LogP contribution is 1.97. The van der Waals surface area contributed by atoms with E-state index >= 15 is 0 Å². The van der Waals surface area contributed by atoms with Gasteiger partial charge in [-0.2, -0.15) is 0 Å². The molecule has 0 saturated heterocycles. The van der Waals surface area contributed by atoms with E-state index in [9.17, 15) is 9.59 Å². The fourth-order valence-electron chi connectivity index (χ4n) is 0.551. The van der Waals surface area contributed by atoms with Gasteiger partial charge in [0.1, 0.15) is 0 Å². The molecule has 0 rings (SSSR count). The van der Waals surface area contributed by atoms with Gasteiger partial charge in [-0.25, -0.2) is 0 Å². The van der Waals surface area contributed by atoms with Crippen molar-refractivity contribution in [3.63, 3.8) is 0 Å². The molecule has 10 heavy (non-hydrogen) atoms. The van der Waals surface area contributed by atoms with Crippen LogP contribution in [0.4, 0.5) is 0 Å². The molecule has 1 N–H and O–H groups in total. The van der Waals surface area contributed by atoms with E-state index in [1.165, 1.54) is 6.92 Å². The lowest BCUT2D eigenvalue weighted by Crippen LogP contribution is -2.38. The van der Waals surface area contributed by atoms with Gasteiger partial charge in [0, 0.05) is 6.92 Å². The number of carbonyl (C=O) groups excluding carboxylic acids is 2. The molecule has 0 heterocycles. The van der Waals surface area contributed by atoms with Crippen molar-refractivity contribution in [2.24, 2.45) is 5.92 Å². The molecule has 0 aliphatic rings. The minimum Gasteiger partial charge on any atom is -0.346 e. The zero-order chi connectivity index (χ0) is 8.15. The third kappa shape index (κ3) is 3.22. The molecule has 0 aromatic rings. The predicted octanol–water partition coefficient (Wildman–Crippen LogP) is 0.257. The van der Waals surface area contributed by atoms with Gasteiger partial charge < -0.3 is 5.32 Å². The van der Waals surface area contributed by atoms with Crippen LogP contribution in [0.25, 0.3) is 0 Å². The molecule has 1 atom stereocenters. The topological polar surface area (TPSA) is 46.2 Å². The molecule has 0 aromatic carbocycles. The highest BCUT2D eigenvalue weighted by Gasteiger charge is 2.12. The van der Waals surface area contributed by atoms with Gasteiger partial charge in [0.2, 0.25) is 12.2 Å². The lowest BCUT2D eigenvalue weighted by Gasteiger charge is -2.12. The average Bonchev–Trinajstić information content (AvgIpc) is 1.81. The monoisotopic (exact) mass is 142 g/mol. The van der Waals surface area contributed by atoms with Crippen LogP contribution in [0.5, 0.6) is 0 Å². The first kappa shape index (κ1) is 9.14. The number of amides is 1. The summed E-state index contributed by atoms with van der Waals surface area (Å²) >= 11 is 0. The van der Waals surface area contributed by atoms with Crippen LogP contribution in [0.2, 0.25) is 0 Å². The third-order valence-electron chi connectivity index (χ3n) is 1.15. The van der Waals surface area contributed by atoms with Crippen molar-refractivity contribution < 1.29 is 9.59 Å². The van der Waals surface area contributed by atoms with E-state index in [2.05, 4.69) is 5.32 Å². The van der Waals surface area contributed by atoms with Crippen molar-refractivity contribution in [3.8, 4) is 0 Å². The van der Waals surface area contributed by atoms with E-state index in [-0.39, 0.29) is 11.8 Å². The molecule has 0 aromatic heterocycles. The van der Waals surface area contributed by atoms with Crippen molar-refractivity contribution in [2.75, 3.05) is 0 Å². The van der Waals surface area contributed by atoms with Gasteiger partial charge in [-0.15, -0.1) is 0 Å². The van der Waals surface area contributed by atoms with E-state index in [4.69, 9.17) is 0 Å². The normalized spacial score (nSPS) is 12.8. The van der Waals surface area contributed by atoms with Gasteiger partial charge in [-0.05, 0) is 5.92 Å². The third-order valence-corrected chi connectivity index (χ3v) is 1.15. The minimum absolute atomic E-state index is 0.112. The summed E-state index contributed by atoms with van der Waals surface area (Å²) in [4.78, 5) is 20.6. The Hall–Kier alpha value is -0.860. The largest absolute Gasteiger partial charge is 0.346 e. The lowest BCUT2D eigenvalue weighted by molar-refractivity contribution is -0.119. The first-order valence-corrected chi connectivity index (χ1v) is 3.22. The van der Waals surface area contributed by atoms with Crippen LogP contribution in [0.1, 0.15) is 20.8 Å². The van der Waals surface area contributed by atoms with E-state index in [0.29, 0.717) is 0 Å². The van der Waals surface area contributed by atoms with Gasteiger partial charge in [-0.3, -0.25) is 9.59 Å². The molecule has 3 heteroatoms. The summed E-state index contributed by atoms with van der Waals surface area (Å²) in [5.74, 6) is -0.0801. The fourth-order valence-corrected chi connectivity index (χ4v) is 0.551.